The summed E-state index contributed by atoms with van der Waals surface area (Å²) in [5.41, 5.74) is 0.862. The highest BCUT2D eigenvalue weighted by Crippen LogP contribution is 2.26. The molecule has 0 radical (unpaired) electrons. The fourth-order valence-electron chi connectivity index (χ4n) is 2.64. The van der Waals surface area contributed by atoms with Gasteiger partial charge in [-0.2, -0.15) is 0 Å². The average Bonchev–Trinajstić information content (AvgIpc) is 3.38. The number of benzene rings is 1. The topological polar surface area (TPSA) is 80.6 Å². The molecule has 0 aliphatic heterocycles. The van der Waals surface area contributed by atoms with Gasteiger partial charge in [-0.15, -0.1) is 11.3 Å². The van der Waals surface area contributed by atoms with Gasteiger partial charge in [-0.25, -0.2) is 0 Å². The second-order valence-electron chi connectivity index (χ2n) is 6.89. The predicted molar refractivity (Wildman–Crippen MR) is 109 cm³/mol. The Morgan fingerprint density at radius 3 is 2.46 bits per heavy atom. The van der Waals surface area contributed by atoms with Gasteiger partial charge in [0.1, 0.15) is 5.75 Å². The molecule has 0 aliphatic carbocycles. The van der Waals surface area contributed by atoms with Gasteiger partial charge in [0.2, 0.25) is 0 Å². The van der Waals surface area contributed by atoms with Gasteiger partial charge in [-0.3, -0.25) is 9.59 Å². The molecule has 0 unspecified atom stereocenters. The molecule has 3 rings (SSSR count). The smallest absolute Gasteiger partial charge is 0.291 e. The van der Waals surface area contributed by atoms with E-state index in [0.717, 1.165) is 11.3 Å². The Kier molecular flexibility index (Phi) is 5.84. The highest BCUT2D eigenvalue weighted by molar-refractivity contribution is 7.18. The van der Waals surface area contributed by atoms with Crippen molar-refractivity contribution < 1.29 is 18.7 Å². The zero-order valence-corrected chi connectivity index (χ0v) is 16.8. The third kappa shape index (κ3) is 4.61. The van der Waals surface area contributed by atoms with Gasteiger partial charge in [0.25, 0.3) is 11.8 Å². The van der Waals surface area contributed by atoms with E-state index in [0.29, 0.717) is 16.4 Å². The van der Waals surface area contributed by atoms with Crippen molar-refractivity contribution in [3.63, 3.8) is 0 Å². The first-order chi connectivity index (χ1) is 13.4. The minimum Gasteiger partial charge on any atom is -0.497 e. The van der Waals surface area contributed by atoms with Gasteiger partial charge in [-0.05, 0) is 42.0 Å². The summed E-state index contributed by atoms with van der Waals surface area (Å²) in [5.74, 6) is 0.497. The fraction of sp³-hybridized carbons (Fsp3) is 0.238. The second kappa shape index (κ2) is 8.31. The summed E-state index contributed by atoms with van der Waals surface area (Å²) in [6.07, 6.45) is 1.44. The number of hydrogen-bond donors (Lipinski definition) is 2. The van der Waals surface area contributed by atoms with Gasteiger partial charge in [0.15, 0.2) is 5.76 Å². The molecule has 146 valence electrons. The van der Waals surface area contributed by atoms with E-state index in [-0.39, 0.29) is 23.0 Å². The number of amides is 2. The van der Waals surface area contributed by atoms with Crippen molar-refractivity contribution >= 4 is 28.2 Å². The zero-order chi connectivity index (χ0) is 20.1. The lowest BCUT2D eigenvalue weighted by Crippen LogP contribution is -2.36. The normalized spacial score (nSPS) is 11.1. The Bertz CT molecular complexity index is 943. The largest absolute Gasteiger partial charge is 0.497 e. The number of rotatable bonds is 7. The maximum atomic E-state index is 12.5. The predicted octanol–water partition coefficient (Wildman–Crippen LogP) is 4.31. The molecule has 0 bridgehead atoms. The summed E-state index contributed by atoms with van der Waals surface area (Å²) in [6, 6.07) is 14.4. The first-order valence-corrected chi connectivity index (χ1v) is 9.58. The number of thiophene rings is 1. The van der Waals surface area contributed by atoms with Crippen molar-refractivity contribution in [2.75, 3.05) is 19.0 Å². The number of methoxy groups -OCH3 is 1. The van der Waals surface area contributed by atoms with Crippen LogP contribution in [0.2, 0.25) is 0 Å². The monoisotopic (exact) mass is 398 g/mol. The lowest BCUT2D eigenvalue weighted by atomic mass is 9.84. The molecule has 0 aliphatic rings. The quantitative estimate of drug-likeness (QED) is 0.621. The van der Waals surface area contributed by atoms with Gasteiger partial charge in [0, 0.05) is 12.0 Å². The molecule has 2 amide bonds. The molecule has 3 aromatic rings. The molecule has 0 saturated carbocycles. The van der Waals surface area contributed by atoms with E-state index in [4.69, 9.17) is 9.15 Å². The maximum Gasteiger partial charge on any atom is 0.291 e. The Morgan fingerprint density at radius 2 is 1.82 bits per heavy atom. The average molecular weight is 398 g/mol. The number of carbonyl (C=O) groups is 2. The van der Waals surface area contributed by atoms with E-state index in [2.05, 4.69) is 24.5 Å². The fourth-order valence-corrected chi connectivity index (χ4v) is 3.46. The van der Waals surface area contributed by atoms with Crippen LogP contribution in [-0.4, -0.2) is 25.5 Å². The minimum absolute atomic E-state index is 0.176. The molecule has 1 aromatic carbocycles. The molecular formula is C21H22N2O4S. The van der Waals surface area contributed by atoms with Gasteiger partial charge in [0.05, 0.1) is 23.3 Å². The number of nitrogens with one attached hydrogen (secondary N) is 2. The van der Waals surface area contributed by atoms with E-state index in [1.54, 1.807) is 31.4 Å². The SMILES string of the molecule is COc1ccc(C(C)(C)CNC(=O)c2ccc(NC(=O)c3ccco3)s2)cc1. The molecule has 28 heavy (non-hydrogen) atoms. The summed E-state index contributed by atoms with van der Waals surface area (Å²) in [6.45, 7) is 4.61. The molecular weight excluding hydrogens is 376 g/mol. The van der Waals surface area contributed by atoms with Crippen molar-refractivity contribution in [2.45, 2.75) is 19.3 Å². The van der Waals surface area contributed by atoms with Crippen LogP contribution in [0.3, 0.4) is 0 Å². The van der Waals surface area contributed by atoms with E-state index in [1.807, 2.05) is 24.3 Å². The summed E-state index contributed by atoms with van der Waals surface area (Å²) in [4.78, 5) is 25.0. The van der Waals surface area contributed by atoms with Crippen LogP contribution in [0.15, 0.2) is 59.2 Å². The van der Waals surface area contributed by atoms with Crippen molar-refractivity contribution in [1.82, 2.24) is 5.32 Å². The standard InChI is InChI=1S/C21H22N2O4S/c1-21(2,14-6-8-15(26-3)9-7-14)13-22-20(25)17-10-11-18(28-17)23-19(24)16-5-4-12-27-16/h4-12H,13H2,1-3H3,(H,22,25)(H,23,24). The van der Waals surface area contributed by atoms with Gasteiger partial charge < -0.3 is 19.8 Å². The minimum atomic E-state index is -0.348. The summed E-state index contributed by atoms with van der Waals surface area (Å²) < 4.78 is 10.2. The molecule has 0 spiro atoms. The maximum absolute atomic E-state index is 12.5. The van der Waals surface area contributed by atoms with Gasteiger partial charge in [-0.1, -0.05) is 26.0 Å². The Balaban J connectivity index is 1.58. The molecule has 2 heterocycles. The number of furan rings is 1. The number of anilines is 1. The number of ether oxygens (including phenoxy) is 1. The van der Waals surface area contributed by atoms with Crippen LogP contribution in [-0.2, 0) is 5.41 Å². The highest BCUT2D eigenvalue weighted by Gasteiger charge is 2.22. The molecule has 0 saturated heterocycles. The zero-order valence-electron chi connectivity index (χ0n) is 15.9. The summed E-state index contributed by atoms with van der Waals surface area (Å²) in [5, 5.41) is 6.28. The third-order valence-corrected chi connectivity index (χ3v) is 5.37. The Hall–Kier alpha value is -3.06. The number of hydrogen-bond acceptors (Lipinski definition) is 5. The van der Waals surface area contributed by atoms with Crippen molar-refractivity contribution in [2.24, 2.45) is 0 Å². The third-order valence-electron chi connectivity index (χ3n) is 4.37. The van der Waals surface area contributed by atoms with E-state index in [9.17, 15) is 9.59 Å². The molecule has 2 aromatic heterocycles. The first kappa shape index (κ1) is 19.7. The summed E-state index contributed by atoms with van der Waals surface area (Å²) in [7, 11) is 1.63. The first-order valence-electron chi connectivity index (χ1n) is 8.76. The van der Waals surface area contributed by atoms with Crippen molar-refractivity contribution in [3.05, 3.63) is 71.0 Å². The van der Waals surface area contributed by atoms with Crippen LogP contribution in [0.1, 0.15) is 39.6 Å². The molecule has 7 heteroatoms. The van der Waals surface area contributed by atoms with Crippen LogP contribution < -0.4 is 15.4 Å². The Morgan fingerprint density at radius 1 is 1.07 bits per heavy atom. The van der Waals surface area contributed by atoms with Crippen LogP contribution in [0.4, 0.5) is 5.00 Å². The molecule has 2 N–H and O–H groups in total. The van der Waals surface area contributed by atoms with Crippen LogP contribution in [0, 0.1) is 0 Å². The molecule has 6 nitrogen and oxygen atoms in total. The molecule has 0 atom stereocenters. The van der Waals surface area contributed by atoms with E-state index < -0.39 is 0 Å². The lowest BCUT2D eigenvalue weighted by Gasteiger charge is -2.25. The van der Waals surface area contributed by atoms with Crippen LogP contribution >= 0.6 is 11.3 Å². The summed E-state index contributed by atoms with van der Waals surface area (Å²) >= 11 is 1.22. The van der Waals surface area contributed by atoms with Gasteiger partial charge >= 0.3 is 0 Å². The number of carbonyl (C=O) groups excluding carboxylic acids is 2. The molecule has 0 fully saturated rings. The van der Waals surface area contributed by atoms with Crippen molar-refractivity contribution in [3.8, 4) is 5.75 Å². The lowest BCUT2D eigenvalue weighted by molar-refractivity contribution is 0.0948. The van der Waals surface area contributed by atoms with Crippen LogP contribution in [0.5, 0.6) is 5.75 Å². The Labute approximate surface area is 167 Å². The van der Waals surface area contributed by atoms with E-state index >= 15 is 0 Å². The van der Waals surface area contributed by atoms with Crippen LogP contribution in [0.25, 0.3) is 0 Å². The van der Waals surface area contributed by atoms with E-state index in [1.165, 1.54) is 17.6 Å². The highest BCUT2D eigenvalue weighted by atomic mass is 32.1. The van der Waals surface area contributed by atoms with Crippen molar-refractivity contribution in [1.29, 1.82) is 0 Å². The second-order valence-corrected chi connectivity index (χ2v) is 7.97.